The monoisotopic (exact) mass is 390 g/mol. The molecule has 148 valence electrons. The number of ether oxygens (including phenoxy) is 2. The molecular formula is C22H22N4O3. The number of rotatable bonds is 8. The average Bonchev–Trinajstić information content (AvgIpc) is 3.48. The number of nitriles is 1. The number of hydrogen-bond acceptors (Lipinski definition) is 5. The third-order valence-electron chi connectivity index (χ3n) is 4.91. The largest absolute Gasteiger partial charge is 0.492 e. The van der Waals surface area contributed by atoms with Gasteiger partial charge in [-0.2, -0.15) is 10.4 Å². The van der Waals surface area contributed by atoms with E-state index in [9.17, 15) is 10.1 Å². The van der Waals surface area contributed by atoms with Crippen LogP contribution in [0.3, 0.4) is 0 Å². The van der Waals surface area contributed by atoms with Crippen molar-refractivity contribution in [2.24, 2.45) is 5.92 Å². The molecule has 0 aliphatic heterocycles. The van der Waals surface area contributed by atoms with Gasteiger partial charge in [-0.1, -0.05) is 12.1 Å². The lowest BCUT2D eigenvalue weighted by Gasteiger charge is -2.09. The Kier molecular flexibility index (Phi) is 5.45. The van der Waals surface area contributed by atoms with E-state index in [4.69, 9.17) is 9.47 Å². The highest BCUT2D eigenvalue weighted by atomic mass is 16.5. The van der Waals surface area contributed by atoms with Crippen LogP contribution in [-0.4, -0.2) is 36.4 Å². The zero-order valence-electron chi connectivity index (χ0n) is 16.2. The van der Waals surface area contributed by atoms with Gasteiger partial charge in [-0.15, -0.1) is 0 Å². The Bertz CT molecular complexity index is 1080. The molecule has 1 saturated carbocycles. The van der Waals surface area contributed by atoms with Gasteiger partial charge in [-0.3, -0.25) is 9.89 Å². The number of aromatic nitrogens is 2. The summed E-state index contributed by atoms with van der Waals surface area (Å²) in [5, 5.41) is 20.6. The van der Waals surface area contributed by atoms with Gasteiger partial charge in [-0.05, 0) is 43.0 Å². The molecular weight excluding hydrogens is 368 g/mol. The van der Waals surface area contributed by atoms with Crippen molar-refractivity contribution in [1.82, 2.24) is 10.2 Å². The molecule has 0 atom stereocenters. The summed E-state index contributed by atoms with van der Waals surface area (Å²) < 4.78 is 10.8. The Balaban J connectivity index is 1.63. The number of aromatic amines is 1. The number of nitrogens with one attached hydrogen (secondary N) is 2. The molecule has 1 amide bonds. The predicted molar refractivity (Wildman–Crippen MR) is 110 cm³/mol. The van der Waals surface area contributed by atoms with E-state index in [-0.39, 0.29) is 5.91 Å². The summed E-state index contributed by atoms with van der Waals surface area (Å²) in [5.41, 5.74) is 3.56. The molecule has 7 nitrogen and oxygen atoms in total. The quantitative estimate of drug-likeness (QED) is 0.608. The Morgan fingerprint density at radius 3 is 2.97 bits per heavy atom. The first-order valence-corrected chi connectivity index (χ1v) is 9.62. The van der Waals surface area contributed by atoms with Crippen LogP contribution in [0.5, 0.6) is 5.75 Å². The maximum Gasteiger partial charge on any atom is 0.226 e. The van der Waals surface area contributed by atoms with Crippen LogP contribution in [-0.2, 0) is 9.53 Å². The fourth-order valence-electron chi connectivity index (χ4n) is 3.13. The van der Waals surface area contributed by atoms with Crippen LogP contribution in [0.4, 0.5) is 5.69 Å². The van der Waals surface area contributed by atoms with Crippen LogP contribution in [0.1, 0.15) is 24.8 Å². The molecule has 3 aromatic rings. The highest BCUT2D eigenvalue weighted by Crippen LogP contribution is 2.34. The van der Waals surface area contributed by atoms with E-state index < -0.39 is 0 Å². The van der Waals surface area contributed by atoms with Gasteiger partial charge < -0.3 is 14.8 Å². The van der Waals surface area contributed by atoms with E-state index in [2.05, 4.69) is 21.6 Å². The van der Waals surface area contributed by atoms with Crippen LogP contribution in [0.25, 0.3) is 22.2 Å². The van der Waals surface area contributed by atoms with Gasteiger partial charge in [0.15, 0.2) is 0 Å². The minimum atomic E-state index is -0.106. The Labute approximate surface area is 168 Å². The molecule has 0 unspecified atom stereocenters. The summed E-state index contributed by atoms with van der Waals surface area (Å²) in [6, 6.07) is 13.4. The number of anilines is 1. The van der Waals surface area contributed by atoms with Gasteiger partial charge in [0.2, 0.25) is 5.91 Å². The standard InChI is InChI=1S/C22H22N4O3/c1-28-8-7-21(27)24-17-4-2-3-15(9-17)22-18-11-20(29-13-14-5-6-14)16(12-23)10-19(18)25-26-22/h2-4,9-11,14H,5-8,13H2,1H3,(H,24,27)(H,25,26). The van der Waals surface area contributed by atoms with Gasteiger partial charge in [0.1, 0.15) is 17.5 Å². The van der Waals surface area contributed by atoms with Gasteiger partial charge in [-0.25, -0.2) is 0 Å². The van der Waals surface area contributed by atoms with Crippen molar-refractivity contribution in [1.29, 1.82) is 5.26 Å². The second-order valence-corrected chi connectivity index (χ2v) is 7.20. The average molecular weight is 390 g/mol. The summed E-state index contributed by atoms with van der Waals surface area (Å²) in [4.78, 5) is 12.0. The van der Waals surface area contributed by atoms with Crippen LogP contribution in [0.2, 0.25) is 0 Å². The van der Waals surface area contributed by atoms with E-state index in [0.29, 0.717) is 42.6 Å². The molecule has 0 radical (unpaired) electrons. The van der Waals surface area contributed by atoms with E-state index >= 15 is 0 Å². The SMILES string of the molecule is COCCC(=O)Nc1cccc(-c2n[nH]c3cc(C#N)c(OCC4CC4)cc23)c1. The summed E-state index contributed by atoms with van der Waals surface area (Å²) in [7, 11) is 1.57. The number of carbonyl (C=O) groups is 1. The zero-order valence-corrected chi connectivity index (χ0v) is 16.2. The first-order valence-electron chi connectivity index (χ1n) is 9.62. The predicted octanol–water partition coefficient (Wildman–Crippen LogP) is 3.87. The number of methoxy groups -OCH3 is 1. The van der Waals surface area contributed by atoms with Gasteiger partial charge in [0.25, 0.3) is 0 Å². The van der Waals surface area contributed by atoms with Crippen molar-refractivity contribution in [2.75, 3.05) is 25.6 Å². The number of hydrogen-bond donors (Lipinski definition) is 2. The Morgan fingerprint density at radius 1 is 1.34 bits per heavy atom. The van der Waals surface area contributed by atoms with Gasteiger partial charge in [0.05, 0.1) is 30.7 Å². The maximum atomic E-state index is 12.0. The molecule has 1 aromatic heterocycles. The number of nitrogens with zero attached hydrogens (tertiary/aromatic N) is 2. The van der Waals surface area contributed by atoms with E-state index in [1.54, 1.807) is 13.2 Å². The van der Waals surface area contributed by atoms with E-state index in [1.165, 1.54) is 12.8 Å². The summed E-state index contributed by atoms with van der Waals surface area (Å²) in [5.74, 6) is 1.07. The summed E-state index contributed by atoms with van der Waals surface area (Å²) >= 11 is 0. The normalized spacial score (nSPS) is 13.2. The molecule has 1 fully saturated rings. The van der Waals surface area contributed by atoms with Crippen LogP contribution in [0, 0.1) is 17.2 Å². The van der Waals surface area contributed by atoms with Gasteiger partial charge in [0, 0.05) is 23.7 Å². The first kappa shape index (κ1) is 19.0. The lowest BCUT2D eigenvalue weighted by Crippen LogP contribution is -2.13. The Hall–Kier alpha value is -3.37. The highest BCUT2D eigenvalue weighted by molar-refractivity contribution is 5.96. The molecule has 4 rings (SSSR count). The fourth-order valence-corrected chi connectivity index (χ4v) is 3.13. The number of H-pyrrole nitrogens is 1. The van der Waals surface area contributed by atoms with E-state index in [1.807, 2.05) is 30.3 Å². The lowest BCUT2D eigenvalue weighted by molar-refractivity contribution is -0.117. The fraction of sp³-hybridized carbons (Fsp3) is 0.318. The van der Waals surface area contributed by atoms with Crippen LogP contribution in [0.15, 0.2) is 36.4 Å². The second-order valence-electron chi connectivity index (χ2n) is 7.20. The smallest absolute Gasteiger partial charge is 0.226 e. The van der Waals surface area contributed by atoms with Crippen molar-refractivity contribution < 1.29 is 14.3 Å². The van der Waals surface area contributed by atoms with Crippen molar-refractivity contribution >= 4 is 22.5 Å². The molecule has 2 aromatic carbocycles. The molecule has 7 heteroatoms. The molecule has 0 spiro atoms. The third kappa shape index (κ3) is 4.39. The molecule has 1 aliphatic rings. The maximum absolute atomic E-state index is 12.0. The zero-order chi connectivity index (χ0) is 20.2. The minimum absolute atomic E-state index is 0.106. The summed E-state index contributed by atoms with van der Waals surface area (Å²) in [6.45, 7) is 1.01. The van der Waals surface area contributed by atoms with Crippen molar-refractivity contribution in [3.63, 3.8) is 0 Å². The molecule has 0 saturated heterocycles. The molecule has 1 heterocycles. The number of carbonyl (C=O) groups excluding carboxylic acids is 1. The molecule has 0 bridgehead atoms. The second kappa shape index (κ2) is 8.33. The first-order chi connectivity index (χ1) is 14.2. The number of fused-ring (bicyclic) bond motifs is 1. The summed E-state index contributed by atoms with van der Waals surface area (Å²) in [6.07, 6.45) is 2.67. The van der Waals surface area contributed by atoms with Crippen molar-refractivity contribution in [3.8, 4) is 23.1 Å². The topological polar surface area (TPSA) is 100 Å². The van der Waals surface area contributed by atoms with E-state index in [0.717, 1.165) is 22.2 Å². The Morgan fingerprint density at radius 2 is 2.21 bits per heavy atom. The highest BCUT2D eigenvalue weighted by Gasteiger charge is 2.23. The number of amides is 1. The van der Waals surface area contributed by atoms with Crippen LogP contribution < -0.4 is 10.1 Å². The third-order valence-corrected chi connectivity index (χ3v) is 4.91. The molecule has 1 aliphatic carbocycles. The molecule has 2 N–H and O–H groups in total. The van der Waals surface area contributed by atoms with Gasteiger partial charge >= 0.3 is 0 Å². The minimum Gasteiger partial charge on any atom is -0.492 e. The number of benzene rings is 2. The van der Waals surface area contributed by atoms with Crippen molar-refractivity contribution in [2.45, 2.75) is 19.3 Å². The lowest BCUT2D eigenvalue weighted by atomic mass is 10.0. The van der Waals surface area contributed by atoms with Crippen LogP contribution >= 0.6 is 0 Å². The van der Waals surface area contributed by atoms with Crippen molar-refractivity contribution in [3.05, 3.63) is 42.0 Å². The molecule has 29 heavy (non-hydrogen) atoms.